The maximum absolute atomic E-state index is 9.59. The Morgan fingerprint density at radius 2 is 2.16 bits per heavy atom. The molecule has 0 radical (unpaired) electrons. The predicted octanol–water partition coefficient (Wildman–Crippen LogP) is 0.900. The van der Waals surface area contributed by atoms with Crippen LogP contribution in [0.2, 0.25) is 0 Å². The number of aliphatic hydroxyl groups is 1. The lowest BCUT2D eigenvalue weighted by Gasteiger charge is -2.25. The van der Waals surface area contributed by atoms with E-state index in [0.717, 1.165) is 29.2 Å². The summed E-state index contributed by atoms with van der Waals surface area (Å²) in [7, 11) is 3.30. The van der Waals surface area contributed by atoms with Gasteiger partial charge in [-0.1, -0.05) is 0 Å². The van der Waals surface area contributed by atoms with E-state index in [2.05, 4.69) is 4.90 Å². The highest BCUT2D eigenvalue weighted by atomic mass is 16.5. The number of nitrogens with two attached hydrogens (primary N) is 1. The van der Waals surface area contributed by atoms with Crippen LogP contribution in [-0.2, 0) is 6.54 Å². The third-order valence-electron chi connectivity index (χ3n) is 3.53. The molecule has 0 fully saturated rings. The summed E-state index contributed by atoms with van der Waals surface area (Å²) in [6.45, 7) is 3.65. The van der Waals surface area contributed by atoms with Crippen molar-refractivity contribution in [2.24, 2.45) is 5.73 Å². The highest BCUT2D eigenvalue weighted by molar-refractivity contribution is 5.50. The monoisotopic (exact) mass is 266 g/mol. The average molecular weight is 266 g/mol. The average Bonchev–Trinajstić information content (AvgIpc) is 2.73. The van der Waals surface area contributed by atoms with Crippen LogP contribution in [0, 0.1) is 0 Å². The van der Waals surface area contributed by atoms with Crippen molar-refractivity contribution in [2.75, 3.05) is 27.3 Å². The van der Waals surface area contributed by atoms with Crippen LogP contribution >= 0.6 is 0 Å². The van der Waals surface area contributed by atoms with Crippen molar-refractivity contribution in [1.82, 2.24) is 4.90 Å². The predicted molar refractivity (Wildman–Crippen MR) is 73.4 cm³/mol. The molecule has 1 aliphatic rings. The maximum Gasteiger partial charge on any atom is 0.127 e. The highest BCUT2D eigenvalue weighted by Gasteiger charge is 2.33. The number of nitrogens with zero attached hydrogens (tertiary/aromatic N) is 1. The van der Waals surface area contributed by atoms with Gasteiger partial charge in [-0.15, -0.1) is 0 Å². The molecule has 5 heteroatoms. The zero-order valence-electron chi connectivity index (χ0n) is 11.7. The second-order valence-electron chi connectivity index (χ2n) is 4.93. The van der Waals surface area contributed by atoms with Crippen LogP contribution in [0.4, 0.5) is 0 Å². The van der Waals surface area contributed by atoms with Crippen LogP contribution in [-0.4, -0.2) is 43.4 Å². The van der Waals surface area contributed by atoms with Crippen molar-refractivity contribution in [1.29, 1.82) is 0 Å². The lowest BCUT2D eigenvalue weighted by atomic mass is 10.0. The van der Waals surface area contributed by atoms with Gasteiger partial charge in [-0.2, -0.15) is 0 Å². The van der Waals surface area contributed by atoms with Gasteiger partial charge in [0, 0.05) is 31.3 Å². The molecule has 2 rings (SSSR count). The molecule has 1 aromatic rings. The summed E-state index contributed by atoms with van der Waals surface area (Å²) < 4.78 is 10.7. The Labute approximate surface area is 113 Å². The quantitative estimate of drug-likeness (QED) is 0.829. The Morgan fingerprint density at radius 1 is 1.42 bits per heavy atom. The second kappa shape index (κ2) is 5.77. The fraction of sp³-hybridized carbons (Fsp3) is 0.571. The Morgan fingerprint density at radius 3 is 2.68 bits per heavy atom. The number of aliphatic hydroxyl groups excluding tert-OH is 1. The topological polar surface area (TPSA) is 68.0 Å². The van der Waals surface area contributed by atoms with Gasteiger partial charge in [0.05, 0.1) is 26.4 Å². The number of hydrogen-bond donors (Lipinski definition) is 2. The Balaban J connectivity index is 2.39. The van der Waals surface area contributed by atoms with Crippen molar-refractivity contribution in [3.63, 3.8) is 0 Å². The number of hydrogen-bond acceptors (Lipinski definition) is 5. The molecular weight excluding hydrogens is 244 g/mol. The van der Waals surface area contributed by atoms with Crippen LogP contribution in [0.3, 0.4) is 0 Å². The van der Waals surface area contributed by atoms with E-state index in [9.17, 15) is 5.11 Å². The van der Waals surface area contributed by atoms with Gasteiger partial charge in [0.25, 0.3) is 0 Å². The van der Waals surface area contributed by atoms with E-state index in [1.165, 1.54) is 0 Å². The van der Waals surface area contributed by atoms with Gasteiger partial charge in [0.2, 0.25) is 0 Å². The number of rotatable bonds is 5. The molecule has 0 bridgehead atoms. The highest BCUT2D eigenvalue weighted by Crippen LogP contribution is 2.41. The molecule has 2 atom stereocenters. The summed E-state index contributed by atoms with van der Waals surface area (Å²) in [5.74, 6) is 1.59. The normalized spacial score (nSPS) is 20.2. The van der Waals surface area contributed by atoms with Crippen molar-refractivity contribution in [2.45, 2.75) is 25.6 Å². The van der Waals surface area contributed by atoms with Crippen LogP contribution in [0.5, 0.6) is 11.5 Å². The minimum atomic E-state index is -0.378. The summed E-state index contributed by atoms with van der Waals surface area (Å²) in [6.07, 6.45) is -0.378. The smallest absolute Gasteiger partial charge is 0.127 e. The van der Waals surface area contributed by atoms with Crippen molar-refractivity contribution in [3.05, 3.63) is 23.3 Å². The van der Waals surface area contributed by atoms with Crippen LogP contribution < -0.4 is 15.2 Å². The minimum absolute atomic E-state index is 0.0884. The van der Waals surface area contributed by atoms with Gasteiger partial charge in [0.15, 0.2) is 0 Å². The molecule has 0 saturated heterocycles. The number of fused-ring (bicyclic) bond motifs is 1. The van der Waals surface area contributed by atoms with E-state index in [0.29, 0.717) is 13.1 Å². The largest absolute Gasteiger partial charge is 0.497 e. The SMILES string of the molecule is COc1cc2c(c(OC)c1)C(CN)N(CC(C)O)C2. The molecule has 2 unspecified atom stereocenters. The van der Waals surface area contributed by atoms with Crippen molar-refractivity contribution >= 4 is 0 Å². The first-order chi connectivity index (χ1) is 9.10. The van der Waals surface area contributed by atoms with E-state index in [1.807, 2.05) is 12.1 Å². The molecule has 0 amide bonds. The van der Waals surface area contributed by atoms with Gasteiger partial charge in [-0.25, -0.2) is 0 Å². The molecule has 0 saturated carbocycles. The molecule has 1 aliphatic heterocycles. The molecule has 1 aromatic carbocycles. The zero-order valence-corrected chi connectivity index (χ0v) is 11.7. The third-order valence-corrected chi connectivity index (χ3v) is 3.53. The molecule has 19 heavy (non-hydrogen) atoms. The molecule has 106 valence electrons. The number of benzene rings is 1. The summed E-state index contributed by atoms with van der Waals surface area (Å²) in [4.78, 5) is 2.18. The fourth-order valence-electron chi connectivity index (χ4n) is 2.76. The van der Waals surface area contributed by atoms with Gasteiger partial charge >= 0.3 is 0 Å². The summed E-state index contributed by atoms with van der Waals surface area (Å²) in [5, 5.41) is 9.59. The Kier molecular flexibility index (Phi) is 4.29. The van der Waals surface area contributed by atoms with Gasteiger partial charge < -0.3 is 20.3 Å². The zero-order chi connectivity index (χ0) is 14.0. The summed E-state index contributed by atoms with van der Waals surface area (Å²) >= 11 is 0. The Hall–Kier alpha value is -1.30. The van der Waals surface area contributed by atoms with Crippen molar-refractivity contribution in [3.8, 4) is 11.5 Å². The van der Waals surface area contributed by atoms with Crippen LogP contribution in [0.25, 0.3) is 0 Å². The van der Waals surface area contributed by atoms with Crippen molar-refractivity contribution < 1.29 is 14.6 Å². The number of ether oxygens (including phenoxy) is 2. The van der Waals surface area contributed by atoms with E-state index in [-0.39, 0.29) is 12.1 Å². The van der Waals surface area contributed by atoms with E-state index >= 15 is 0 Å². The van der Waals surface area contributed by atoms with Gasteiger partial charge in [0.1, 0.15) is 11.5 Å². The molecular formula is C14H22N2O3. The number of β-amino-alcohol motifs (C(OH)–C–C–N with tert-alkyl or cyclic N) is 1. The first kappa shape index (κ1) is 14.1. The Bertz CT molecular complexity index is 449. The van der Waals surface area contributed by atoms with E-state index in [1.54, 1.807) is 21.1 Å². The summed E-state index contributed by atoms with van der Waals surface area (Å²) in [5.41, 5.74) is 8.18. The molecule has 0 aliphatic carbocycles. The molecule has 3 N–H and O–H groups in total. The number of methoxy groups -OCH3 is 2. The lowest BCUT2D eigenvalue weighted by molar-refractivity contribution is 0.105. The fourth-order valence-corrected chi connectivity index (χ4v) is 2.76. The standard InChI is InChI=1S/C14H22N2O3/c1-9(17)7-16-8-10-4-11(18-2)5-13(19-3)14(10)12(16)6-15/h4-5,9,12,17H,6-8,15H2,1-3H3. The molecule has 5 nitrogen and oxygen atoms in total. The first-order valence-electron chi connectivity index (χ1n) is 6.47. The molecule has 0 spiro atoms. The molecule has 1 heterocycles. The van der Waals surface area contributed by atoms with Gasteiger partial charge in [-0.3, -0.25) is 4.90 Å². The maximum atomic E-state index is 9.59. The van der Waals surface area contributed by atoms with E-state index in [4.69, 9.17) is 15.2 Å². The second-order valence-corrected chi connectivity index (χ2v) is 4.93. The first-order valence-corrected chi connectivity index (χ1v) is 6.47. The van der Waals surface area contributed by atoms with Gasteiger partial charge in [-0.05, 0) is 18.6 Å². The lowest BCUT2D eigenvalue weighted by Crippen LogP contribution is -2.33. The summed E-state index contributed by atoms with van der Waals surface area (Å²) in [6, 6.07) is 3.99. The van der Waals surface area contributed by atoms with Crippen LogP contribution in [0.1, 0.15) is 24.1 Å². The molecule has 0 aromatic heterocycles. The minimum Gasteiger partial charge on any atom is -0.497 e. The van der Waals surface area contributed by atoms with Crippen LogP contribution in [0.15, 0.2) is 12.1 Å². The third kappa shape index (κ3) is 2.68. The van der Waals surface area contributed by atoms with E-state index < -0.39 is 0 Å².